The highest BCUT2D eigenvalue weighted by molar-refractivity contribution is 6.34. The van der Waals surface area contributed by atoms with Gasteiger partial charge in [0.1, 0.15) is 11.0 Å². The van der Waals surface area contributed by atoms with Gasteiger partial charge in [0.2, 0.25) is 0 Å². The predicted octanol–water partition coefficient (Wildman–Crippen LogP) is 3.87. The highest BCUT2D eigenvalue weighted by Crippen LogP contribution is 2.29. The minimum Gasteiger partial charge on any atom is -0.268 e. The molecule has 1 aliphatic heterocycles. The van der Waals surface area contributed by atoms with Crippen molar-refractivity contribution in [3.63, 3.8) is 0 Å². The first-order valence-electron chi connectivity index (χ1n) is 8.23. The number of rotatable bonds is 2. The summed E-state index contributed by atoms with van der Waals surface area (Å²) in [5.41, 5.74) is 3.29. The van der Waals surface area contributed by atoms with Gasteiger partial charge in [-0.25, -0.2) is 4.90 Å². The molecule has 0 aliphatic carbocycles. The number of halogens is 1. The highest BCUT2D eigenvalue weighted by Gasteiger charge is 2.36. The van der Waals surface area contributed by atoms with Gasteiger partial charge in [-0.15, -0.1) is 10.2 Å². The van der Waals surface area contributed by atoms with Gasteiger partial charge in [0.25, 0.3) is 11.8 Å². The molecule has 1 aromatic heterocycles. The largest absolute Gasteiger partial charge is 0.268 e. The van der Waals surface area contributed by atoms with Gasteiger partial charge in [-0.1, -0.05) is 23.7 Å². The Morgan fingerprint density at radius 2 is 1.30 bits per heavy atom. The molecule has 27 heavy (non-hydrogen) atoms. The summed E-state index contributed by atoms with van der Waals surface area (Å²) >= 11 is 5.92. The Labute approximate surface area is 158 Å². The number of imide groups is 1. The summed E-state index contributed by atoms with van der Waals surface area (Å²) in [7, 11) is 0. The van der Waals surface area contributed by atoms with E-state index in [1.807, 2.05) is 12.1 Å². The van der Waals surface area contributed by atoms with Gasteiger partial charge in [-0.3, -0.25) is 9.59 Å². The summed E-state index contributed by atoms with van der Waals surface area (Å²) in [6.45, 7) is 0. The fourth-order valence-corrected chi connectivity index (χ4v) is 3.28. The maximum absolute atomic E-state index is 12.7. The Morgan fingerprint density at radius 3 is 1.96 bits per heavy atom. The molecule has 0 fully saturated rings. The molecule has 0 radical (unpaired) electrons. The molecule has 7 heteroatoms. The Morgan fingerprint density at radius 1 is 0.704 bits per heavy atom. The van der Waals surface area contributed by atoms with Crippen molar-refractivity contribution >= 4 is 40.1 Å². The van der Waals surface area contributed by atoms with E-state index in [2.05, 4.69) is 10.2 Å². The number of nitrogens with zero attached hydrogens (tertiary/aromatic N) is 4. The first-order chi connectivity index (χ1) is 13.1. The van der Waals surface area contributed by atoms with Gasteiger partial charge in [0.15, 0.2) is 0 Å². The fourth-order valence-electron chi connectivity index (χ4n) is 3.16. The van der Waals surface area contributed by atoms with E-state index in [9.17, 15) is 9.59 Å². The van der Waals surface area contributed by atoms with E-state index in [1.54, 1.807) is 54.6 Å². The van der Waals surface area contributed by atoms with Crippen LogP contribution in [0.15, 0.2) is 66.7 Å². The van der Waals surface area contributed by atoms with Crippen LogP contribution in [-0.2, 0) is 0 Å². The second kappa shape index (κ2) is 5.75. The molecule has 0 atom stereocenters. The minimum absolute atomic E-state index is 0.333. The summed E-state index contributed by atoms with van der Waals surface area (Å²) in [6, 6.07) is 19.1. The van der Waals surface area contributed by atoms with E-state index >= 15 is 0 Å². The molecule has 0 saturated heterocycles. The first-order valence-corrected chi connectivity index (χ1v) is 8.60. The number of hydrogen-bond donors (Lipinski definition) is 0. The number of benzene rings is 3. The van der Waals surface area contributed by atoms with Crippen LogP contribution in [0.4, 0.5) is 5.69 Å². The van der Waals surface area contributed by atoms with Gasteiger partial charge in [0, 0.05) is 5.02 Å². The van der Waals surface area contributed by atoms with E-state index in [0.717, 1.165) is 5.69 Å². The van der Waals surface area contributed by atoms with Crippen LogP contribution < -0.4 is 4.90 Å². The summed E-state index contributed by atoms with van der Waals surface area (Å²) in [4.78, 5) is 28.0. The molecule has 0 unspecified atom stereocenters. The molecule has 2 heterocycles. The van der Waals surface area contributed by atoms with Crippen molar-refractivity contribution < 1.29 is 9.59 Å². The monoisotopic (exact) mass is 374 g/mol. The van der Waals surface area contributed by atoms with Crippen LogP contribution in [0.3, 0.4) is 0 Å². The second-order valence-electron chi connectivity index (χ2n) is 6.13. The molecule has 6 nitrogen and oxygen atoms in total. The molecular weight excluding hydrogens is 364 g/mol. The third kappa shape index (κ3) is 2.42. The average Bonchev–Trinajstić information content (AvgIpc) is 3.22. The number of hydrogen-bond acceptors (Lipinski definition) is 4. The Hall–Kier alpha value is -3.51. The lowest BCUT2D eigenvalue weighted by atomic mass is 10.1. The lowest BCUT2D eigenvalue weighted by Crippen LogP contribution is -2.29. The number of fused-ring (bicyclic) bond motifs is 2. The maximum Gasteiger partial charge on any atom is 0.266 e. The molecular formula is C20H11ClN4O2. The van der Waals surface area contributed by atoms with Crippen molar-refractivity contribution in [2.45, 2.75) is 0 Å². The van der Waals surface area contributed by atoms with Crippen LogP contribution in [0.25, 0.3) is 16.7 Å². The zero-order valence-electron chi connectivity index (χ0n) is 13.8. The van der Waals surface area contributed by atoms with Crippen LogP contribution in [0.5, 0.6) is 0 Å². The first kappa shape index (κ1) is 15.7. The summed E-state index contributed by atoms with van der Waals surface area (Å²) in [5.74, 6) is -0.667. The number of anilines is 1. The van der Waals surface area contributed by atoms with Crippen LogP contribution in [-0.4, -0.2) is 26.8 Å². The number of amides is 2. The van der Waals surface area contributed by atoms with E-state index in [1.165, 1.54) is 9.70 Å². The Balaban J connectivity index is 1.57. The quantitative estimate of drug-likeness (QED) is 0.499. The van der Waals surface area contributed by atoms with Crippen molar-refractivity contribution in [3.8, 4) is 5.69 Å². The van der Waals surface area contributed by atoms with Crippen LogP contribution >= 0.6 is 11.6 Å². The van der Waals surface area contributed by atoms with Crippen LogP contribution in [0.2, 0.25) is 5.02 Å². The number of carbonyl (C=O) groups is 2. The lowest BCUT2D eigenvalue weighted by Gasteiger charge is -2.13. The third-order valence-electron chi connectivity index (χ3n) is 4.47. The molecule has 0 bridgehead atoms. The molecule has 0 N–H and O–H groups in total. The van der Waals surface area contributed by atoms with Crippen molar-refractivity contribution in [1.82, 2.24) is 15.0 Å². The standard InChI is InChI=1S/C20H11ClN4O2/c21-12-5-7-13(8-6-12)25-22-17-10-9-14(11-18(17)23-25)24-19(26)15-3-1-2-4-16(15)20(24)27/h1-11H. The van der Waals surface area contributed by atoms with Crippen molar-refractivity contribution in [2.75, 3.05) is 4.90 Å². The SMILES string of the molecule is O=C1c2ccccc2C(=O)N1c1ccc2nn(-c3ccc(Cl)cc3)nc2c1. The summed E-state index contributed by atoms with van der Waals surface area (Å²) in [6.07, 6.45) is 0. The van der Waals surface area contributed by atoms with E-state index in [-0.39, 0.29) is 11.8 Å². The summed E-state index contributed by atoms with van der Waals surface area (Å²) in [5, 5.41) is 9.52. The van der Waals surface area contributed by atoms with Crippen molar-refractivity contribution in [1.29, 1.82) is 0 Å². The highest BCUT2D eigenvalue weighted by atomic mass is 35.5. The molecule has 2 amide bonds. The van der Waals surface area contributed by atoms with E-state index in [0.29, 0.717) is 32.9 Å². The number of carbonyl (C=O) groups excluding carboxylic acids is 2. The van der Waals surface area contributed by atoms with Gasteiger partial charge in [-0.05, 0) is 54.6 Å². The molecule has 5 rings (SSSR count). The Kier molecular flexibility index (Phi) is 3.35. The van der Waals surface area contributed by atoms with Crippen LogP contribution in [0.1, 0.15) is 20.7 Å². The van der Waals surface area contributed by atoms with E-state index < -0.39 is 0 Å². The molecule has 1 aliphatic rings. The fraction of sp³-hybridized carbons (Fsp3) is 0. The number of aromatic nitrogens is 3. The lowest BCUT2D eigenvalue weighted by molar-refractivity contribution is 0.0926. The van der Waals surface area contributed by atoms with Gasteiger partial charge >= 0.3 is 0 Å². The normalized spacial score (nSPS) is 13.4. The van der Waals surface area contributed by atoms with Gasteiger partial charge < -0.3 is 0 Å². The molecule has 130 valence electrons. The van der Waals surface area contributed by atoms with Gasteiger partial charge in [-0.2, -0.15) is 4.80 Å². The molecule has 4 aromatic rings. The molecule has 3 aromatic carbocycles. The second-order valence-corrected chi connectivity index (χ2v) is 6.57. The van der Waals surface area contributed by atoms with Crippen molar-refractivity contribution in [3.05, 3.63) is 82.9 Å². The van der Waals surface area contributed by atoms with E-state index in [4.69, 9.17) is 11.6 Å². The topological polar surface area (TPSA) is 68.1 Å². The maximum atomic E-state index is 12.7. The molecule has 0 spiro atoms. The zero-order chi connectivity index (χ0) is 18.5. The summed E-state index contributed by atoms with van der Waals surface area (Å²) < 4.78 is 0. The zero-order valence-corrected chi connectivity index (χ0v) is 14.6. The third-order valence-corrected chi connectivity index (χ3v) is 4.73. The van der Waals surface area contributed by atoms with Crippen molar-refractivity contribution in [2.24, 2.45) is 0 Å². The van der Waals surface area contributed by atoms with Crippen LogP contribution in [0, 0.1) is 0 Å². The Bertz CT molecular complexity index is 1200. The minimum atomic E-state index is -0.333. The average molecular weight is 375 g/mol. The predicted molar refractivity (Wildman–Crippen MR) is 101 cm³/mol. The molecule has 0 saturated carbocycles. The smallest absolute Gasteiger partial charge is 0.266 e. The van der Waals surface area contributed by atoms with Gasteiger partial charge in [0.05, 0.1) is 22.5 Å².